The number of aliphatic hydroxyl groups is 3. The smallest absolute Gasteiger partial charge is 0.0768 e. The molecule has 3 N–H and O–H groups in total. The molecule has 0 bridgehead atoms. The van der Waals surface area contributed by atoms with Gasteiger partial charge in [0.05, 0.1) is 18.3 Å². The van der Waals surface area contributed by atoms with Crippen LogP contribution in [-0.2, 0) is 0 Å². The molecule has 3 unspecified atom stereocenters. The Kier molecular flexibility index (Phi) is 13.8. The Morgan fingerprint density at radius 2 is 1.27 bits per heavy atom. The molecule has 3 atom stereocenters. The second-order valence-corrected chi connectivity index (χ2v) is 4.18. The Bertz CT molecular complexity index is 105. The van der Waals surface area contributed by atoms with Crippen LogP contribution in [0.1, 0.15) is 59.8 Å². The predicted molar refractivity (Wildman–Crippen MR) is 63.8 cm³/mol. The van der Waals surface area contributed by atoms with Crippen molar-refractivity contribution in [3.63, 3.8) is 0 Å². The summed E-state index contributed by atoms with van der Waals surface area (Å²) in [5, 5.41) is 25.6. The van der Waals surface area contributed by atoms with Gasteiger partial charge in [0.1, 0.15) is 0 Å². The van der Waals surface area contributed by atoms with Gasteiger partial charge in [-0.2, -0.15) is 0 Å². The molecule has 0 saturated heterocycles. The standard InChI is InChI=1S/C8H18O.C4H10O2/c1-3-4-5-6-7-8(2)9;1-3(5)4(2)6/h8-9H,3-7H2,1-2H3;3-6H,1-2H3. The first kappa shape index (κ1) is 17.3. The Labute approximate surface area is 94.1 Å². The first-order chi connectivity index (χ1) is 6.91. The van der Waals surface area contributed by atoms with Gasteiger partial charge >= 0.3 is 0 Å². The van der Waals surface area contributed by atoms with E-state index in [1.165, 1.54) is 25.7 Å². The van der Waals surface area contributed by atoms with Crippen LogP contribution < -0.4 is 0 Å². The van der Waals surface area contributed by atoms with E-state index in [0.717, 1.165) is 6.42 Å². The first-order valence-electron chi connectivity index (χ1n) is 5.96. The molecule has 0 aliphatic carbocycles. The zero-order chi connectivity index (χ0) is 12.3. The van der Waals surface area contributed by atoms with Crippen LogP contribution in [0.15, 0.2) is 0 Å². The second kappa shape index (κ2) is 12.0. The molecule has 0 radical (unpaired) electrons. The second-order valence-electron chi connectivity index (χ2n) is 4.18. The Balaban J connectivity index is 0. The summed E-state index contributed by atoms with van der Waals surface area (Å²) < 4.78 is 0. The van der Waals surface area contributed by atoms with E-state index < -0.39 is 12.2 Å². The fraction of sp³-hybridized carbons (Fsp3) is 1.00. The van der Waals surface area contributed by atoms with Gasteiger partial charge in [-0.3, -0.25) is 0 Å². The quantitative estimate of drug-likeness (QED) is 0.601. The molecule has 0 spiro atoms. The summed E-state index contributed by atoms with van der Waals surface area (Å²) in [4.78, 5) is 0. The van der Waals surface area contributed by atoms with Gasteiger partial charge in [-0.05, 0) is 27.2 Å². The maximum absolute atomic E-state index is 8.85. The van der Waals surface area contributed by atoms with Gasteiger partial charge in [-0.15, -0.1) is 0 Å². The molecule has 0 fully saturated rings. The van der Waals surface area contributed by atoms with Crippen molar-refractivity contribution in [2.75, 3.05) is 0 Å². The lowest BCUT2D eigenvalue weighted by molar-refractivity contribution is 0.0438. The summed E-state index contributed by atoms with van der Waals surface area (Å²) in [6.07, 6.45) is 4.75. The third-order valence-electron chi connectivity index (χ3n) is 2.17. The molecule has 0 rings (SSSR count). The summed E-state index contributed by atoms with van der Waals surface area (Å²) in [6.45, 7) is 7.14. The molecule has 0 amide bonds. The van der Waals surface area contributed by atoms with Crippen molar-refractivity contribution in [2.45, 2.75) is 78.1 Å². The highest BCUT2D eigenvalue weighted by Gasteiger charge is 1.99. The fourth-order valence-corrected chi connectivity index (χ4v) is 0.867. The summed E-state index contributed by atoms with van der Waals surface area (Å²) in [5.41, 5.74) is 0. The Morgan fingerprint density at radius 1 is 0.800 bits per heavy atom. The summed E-state index contributed by atoms with van der Waals surface area (Å²) in [7, 11) is 0. The minimum absolute atomic E-state index is 0.0955. The average molecular weight is 220 g/mol. The van der Waals surface area contributed by atoms with Crippen molar-refractivity contribution in [1.29, 1.82) is 0 Å². The van der Waals surface area contributed by atoms with Gasteiger partial charge in [0, 0.05) is 0 Å². The molecule has 0 aromatic rings. The number of hydrogen-bond acceptors (Lipinski definition) is 3. The van der Waals surface area contributed by atoms with Gasteiger partial charge in [-0.25, -0.2) is 0 Å². The maximum atomic E-state index is 8.85. The van der Waals surface area contributed by atoms with Gasteiger partial charge in [-0.1, -0.05) is 32.6 Å². The lowest BCUT2D eigenvalue weighted by atomic mass is 10.1. The third-order valence-corrected chi connectivity index (χ3v) is 2.17. The minimum Gasteiger partial charge on any atom is -0.393 e. The van der Waals surface area contributed by atoms with Crippen LogP contribution in [0, 0.1) is 0 Å². The highest BCUT2D eigenvalue weighted by molar-refractivity contribution is 4.51. The fourth-order valence-electron chi connectivity index (χ4n) is 0.867. The summed E-state index contributed by atoms with van der Waals surface area (Å²) in [5.74, 6) is 0. The number of unbranched alkanes of at least 4 members (excludes halogenated alkanes) is 3. The summed E-state index contributed by atoms with van der Waals surface area (Å²) in [6, 6.07) is 0. The van der Waals surface area contributed by atoms with Gasteiger partial charge in [0.2, 0.25) is 0 Å². The lowest BCUT2D eigenvalue weighted by Crippen LogP contribution is -2.17. The maximum Gasteiger partial charge on any atom is 0.0768 e. The van der Waals surface area contributed by atoms with Gasteiger partial charge in [0.25, 0.3) is 0 Å². The zero-order valence-corrected chi connectivity index (χ0v) is 10.6. The lowest BCUT2D eigenvalue weighted by Gasteiger charge is -2.03. The molecule has 3 heteroatoms. The molecule has 0 aliphatic heterocycles. The van der Waals surface area contributed by atoms with Crippen molar-refractivity contribution < 1.29 is 15.3 Å². The topological polar surface area (TPSA) is 60.7 Å². The monoisotopic (exact) mass is 220 g/mol. The van der Waals surface area contributed by atoms with Crippen LogP contribution in [0.4, 0.5) is 0 Å². The molecule has 15 heavy (non-hydrogen) atoms. The average Bonchev–Trinajstić information content (AvgIpc) is 2.13. The highest BCUT2D eigenvalue weighted by atomic mass is 16.3. The molecule has 3 nitrogen and oxygen atoms in total. The zero-order valence-electron chi connectivity index (χ0n) is 10.6. The Hall–Kier alpha value is -0.120. The van der Waals surface area contributed by atoms with Crippen LogP contribution >= 0.6 is 0 Å². The minimum atomic E-state index is -0.593. The molecule has 0 aromatic carbocycles. The predicted octanol–water partition coefficient (Wildman–Crippen LogP) is 2.09. The van der Waals surface area contributed by atoms with E-state index in [4.69, 9.17) is 15.3 Å². The van der Waals surface area contributed by atoms with Crippen molar-refractivity contribution >= 4 is 0 Å². The van der Waals surface area contributed by atoms with E-state index in [1.807, 2.05) is 6.92 Å². The third kappa shape index (κ3) is 20.1. The van der Waals surface area contributed by atoms with Crippen LogP contribution in [0.2, 0.25) is 0 Å². The molecule has 94 valence electrons. The molecular formula is C12H28O3. The SMILES string of the molecule is CC(O)C(C)O.CCCCCCC(C)O. The van der Waals surface area contributed by atoms with E-state index in [2.05, 4.69) is 6.92 Å². The normalized spacial score (nSPS) is 16.2. The van der Waals surface area contributed by atoms with E-state index in [9.17, 15) is 0 Å². The van der Waals surface area contributed by atoms with Crippen LogP contribution in [0.3, 0.4) is 0 Å². The van der Waals surface area contributed by atoms with Crippen LogP contribution in [-0.4, -0.2) is 33.6 Å². The number of rotatable bonds is 6. The first-order valence-corrected chi connectivity index (χ1v) is 5.96. The number of aliphatic hydroxyl groups excluding tert-OH is 3. The van der Waals surface area contributed by atoms with Crippen LogP contribution in [0.25, 0.3) is 0 Å². The number of hydrogen-bond donors (Lipinski definition) is 3. The highest BCUT2D eigenvalue weighted by Crippen LogP contribution is 2.04. The van der Waals surface area contributed by atoms with Crippen LogP contribution in [0.5, 0.6) is 0 Å². The molecular weight excluding hydrogens is 192 g/mol. The largest absolute Gasteiger partial charge is 0.393 e. The van der Waals surface area contributed by atoms with E-state index in [1.54, 1.807) is 13.8 Å². The van der Waals surface area contributed by atoms with Crippen molar-refractivity contribution in [1.82, 2.24) is 0 Å². The summed E-state index contributed by atoms with van der Waals surface area (Å²) >= 11 is 0. The van der Waals surface area contributed by atoms with E-state index in [-0.39, 0.29) is 6.10 Å². The molecule has 0 aliphatic rings. The van der Waals surface area contributed by atoms with Crippen molar-refractivity contribution in [3.8, 4) is 0 Å². The van der Waals surface area contributed by atoms with E-state index >= 15 is 0 Å². The van der Waals surface area contributed by atoms with E-state index in [0.29, 0.717) is 0 Å². The van der Waals surface area contributed by atoms with Crippen molar-refractivity contribution in [3.05, 3.63) is 0 Å². The molecule has 0 aromatic heterocycles. The van der Waals surface area contributed by atoms with Gasteiger partial charge < -0.3 is 15.3 Å². The Morgan fingerprint density at radius 3 is 1.53 bits per heavy atom. The molecule has 0 saturated carbocycles. The van der Waals surface area contributed by atoms with Crippen molar-refractivity contribution in [2.24, 2.45) is 0 Å². The van der Waals surface area contributed by atoms with Gasteiger partial charge in [0.15, 0.2) is 0 Å². The molecule has 0 heterocycles.